The van der Waals surface area contributed by atoms with Crippen LogP contribution in [-0.4, -0.2) is 38.1 Å². The smallest absolute Gasteiger partial charge is 0.410 e. The molecule has 3 heterocycles. The normalized spacial score (nSPS) is 19.1. The minimum atomic E-state index is -0.563. The number of benzene rings is 1. The maximum atomic E-state index is 12.7. The number of likely N-dealkylation sites (tertiary alicyclic amines) is 1. The molecule has 2 aliphatic rings. The minimum absolute atomic E-state index is 0.300. The van der Waals surface area contributed by atoms with Crippen molar-refractivity contribution in [3.63, 3.8) is 0 Å². The fraction of sp³-hybridized carbons (Fsp3) is 0.500. The molecule has 8 heteroatoms. The van der Waals surface area contributed by atoms with Crippen LogP contribution < -0.4 is 5.32 Å². The third-order valence-corrected chi connectivity index (χ3v) is 5.57. The third-order valence-electron chi connectivity index (χ3n) is 5.08. The standard InChI is InChI=1S/C20H25BrN4O3/c1-20(2,3)28-19(26)24-8-4-5-15(24)18-23-17-14-7-6-13(21)9-12(14)10-22-11-16(17)25(18)27/h6-7,9,15,22,27H,4-5,8,10-11H2,1-3H3/t15-/m0/s1. The lowest BCUT2D eigenvalue weighted by atomic mass is 10.0. The van der Waals surface area contributed by atoms with Gasteiger partial charge in [-0.25, -0.2) is 9.78 Å². The van der Waals surface area contributed by atoms with Gasteiger partial charge in [-0.05, 0) is 51.3 Å². The van der Waals surface area contributed by atoms with E-state index in [1.807, 2.05) is 32.9 Å². The monoisotopic (exact) mass is 448 g/mol. The Kier molecular flexibility index (Phi) is 4.87. The first-order chi connectivity index (χ1) is 13.2. The number of rotatable bonds is 1. The van der Waals surface area contributed by atoms with Crippen LogP contribution in [0.15, 0.2) is 22.7 Å². The molecule has 0 radical (unpaired) electrons. The average Bonchev–Trinajstić information content (AvgIpc) is 3.15. The molecule has 1 atom stereocenters. The number of ether oxygens (including phenoxy) is 1. The predicted octanol–water partition coefficient (Wildman–Crippen LogP) is 4.23. The van der Waals surface area contributed by atoms with E-state index in [2.05, 4.69) is 27.3 Å². The first kappa shape index (κ1) is 19.3. The van der Waals surface area contributed by atoms with Crippen molar-refractivity contribution in [1.29, 1.82) is 0 Å². The van der Waals surface area contributed by atoms with Crippen LogP contribution in [0.3, 0.4) is 0 Å². The lowest BCUT2D eigenvalue weighted by molar-refractivity contribution is 0.0199. The molecule has 28 heavy (non-hydrogen) atoms. The SMILES string of the molecule is CC(C)(C)OC(=O)N1CCC[C@H]1c1nc2c(n1O)CNCc1cc(Br)ccc1-2. The lowest BCUT2D eigenvalue weighted by Gasteiger charge is -2.28. The fourth-order valence-electron chi connectivity index (χ4n) is 3.88. The van der Waals surface area contributed by atoms with Crippen LogP contribution in [0.25, 0.3) is 11.3 Å². The van der Waals surface area contributed by atoms with Crippen molar-refractivity contribution in [3.05, 3.63) is 39.8 Å². The van der Waals surface area contributed by atoms with Crippen molar-refractivity contribution in [2.45, 2.75) is 58.3 Å². The van der Waals surface area contributed by atoms with Gasteiger partial charge in [0, 0.05) is 29.7 Å². The molecule has 1 aromatic heterocycles. The maximum absolute atomic E-state index is 12.7. The van der Waals surface area contributed by atoms with E-state index in [0.717, 1.165) is 38.9 Å². The highest BCUT2D eigenvalue weighted by molar-refractivity contribution is 9.10. The van der Waals surface area contributed by atoms with Gasteiger partial charge in [0.1, 0.15) is 5.60 Å². The Balaban J connectivity index is 1.72. The molecule has 0 aliphatic carbocycles. The molecule has 2 aliphatic heterocycles. The zero-order chi connectivity index (χ0) is 20.1. The van der Waals surface area contributed by atoms with E-state index in [9.17, 15) is 10.0 Å². The van der Waals surface area contributed by atoms with Crippen LogP contribution >= 0.6 is 15.9 Å². The highest BCUT2D eigenvalue weighted by Crippen LogP contribution is 2.37. The maximum Gasteiger partial charge on any atom is 0.410 e. The van der Waals surface area contributed by atoms with E-state index in [4.69, 9.17) is 9.72 Å². The van der Waals surface area contributed by atoms with Crippen LogP contribution in [0.2, 0.25) is 0 Å². The second-order valence-corrected chi connectivity index (χ2v) is 9.23. The second kappa shape index (κ2) is 7.08. The average molecular weight is 449 g/mol. The summed E-state index contributed by atoms with van der Waals surface area (Å²) in [5.74, 6) is 0.492. The summed E-state index contributed by atoms with van der Waals surface area (Å²) in [7, 11) is 0. The largest absolute Gasteiger partial charge is 0.444 e. The van der Waals surface area contributed by atoms with Crippen molar-refractivity contribution < 1.29 is 14.7 Å². The summed E-state index contributed by atoms with van der Waals surface area (Å²) in [6.45, 7) is 7.36. The molecular weight excluding hydrogens is 424 g/mol. The summed E-state index contributed by atoms with van der Waals surface area (Å²) in [5, 5.41) is 14.2. The number of carbonyl (C=O) groups is 1. The van der Waals surface area contributed by atoms with Gasteiger partial charge in [0.05, 0.1) is 17.4 Å². The Bertz CT molecular complexity index is 919. The summed E-state index contributed by atoms with van der Waals surface area (Å²) in [5.41, 5.74) is 3.03. The molecule has 0 spiro atoms. The van der Waals surface area contributed by atoms with E-state index in [1.54, 1.807) is 4.90 Å². The molecule has 0 unspecified atom stereocenters. The van der Waals surface area contributed by atoms with E-state index in [1.165, 1.54) is 0 Å². The first-order valence-corrected chi connectivity index (χ1v) is 10.3. The molecule has 7 nitrogen and oxygen atoms in total. The number of aromatic nitrogens is 2. The Morgan fingerprint density at radius 3 is 2.89 bits per heavy atom. The topological polar surface area (TPSA) is 79.6 Å². The van der Waals surface area contributed by atoms with Gasteiger partial charge in [-0.15, -0.1) is 0 Å². The summed E-state index contributed by atoms with van der Waals surface area (Å²) >= 11 is 3.52. The fourth-order valence-corrected chi connectivity index (χ4v) is 4.29. The number of amides is 1. The van der Waals surface area contributed by atoms with Crippen LogP contribution in [0, 0.1) is 0 Å². The van der Waals surface area contributed by atoms with Crippen molar-refractivity contribution in [3.8, 4) is 11.3 Å². The van der Waals surface area contributed by atoms with Crippen molar-refractivity contribution in [2.24, 2.45) is 0 Å². The van der Waals surface area contributed by atoms with Crippen molar-refractivity contribution in [1.82, 2.24) is 19.9 Å². The summed E-state index contributed by atoms with van der Waals surface area (Å²) < 4.78 is 7.72. The highest BCUT2D eigenvalue weighted by Gasteiger charge is 2.37. The molecule has 2 aromatic rings. The molecule has 1 amide bonds. The Morgan fingerprint density at radius 1 is 1.36 bits per heavy atom. The molecule has 0 saturated carbocycles. The second-order valence-electron chi connectivity index (χ2n) is 8.31. The van der Waals surface area contributed by atoms with Crippen LogP contribution in [0.5, 0.6) is 0 Å². The van der Waals surface area contributed by atoms with Gasteiger partial charge in [0.25, 0.3) is 0 Å². The highest BCUT2D eigenvalue weighted by atomic mass is 79.9. The van der Waals surface area contributed by atoms with E-state index in [-0.39, 0.29) is 12.1 Å². The molecule has 0 bridgehead atoms. The van der Waals surface area contributed by atoms with Crippen molar-refractivity contribution >= 4 is 22.0 Å². The summed E-state index contributed by atoms with van der Waals surface area (Å²) in [6.07, 6.45) is 1.23. The number of hydrogen-bond donors (Lipinski definition) is 2. The molecular formula is C20H25BrN4O3. The zero-order valence-electron chi connectivity index (χ0n) is 16.3. The summed E-state index contributed by atoms with van der Waals surface area (Å²) in [6, 6.07) is 5.76. The molecule has 1 fully saturated rings. The third kappa shape index (κ3) is 3.51. The Morgan fingerprint density at radius 2 is 2.14 bits per heavy atom. The van der Waals surface area contributed by atoms with Gasteiger partial charge in [-0.2, -0.15) is 4.73 Å². The molecule has 2 N–H and O–H groups in total. The van der Waals surface area contributed by atoms with Gasteiger partial charge in [0.15, 0.2) is 5.82 Å². The van der Waals surface area contributed by atoms with Crippen LogP contribution in [0.4, 0.5) is 4.79 Å². The first-order valence-electron chi connectivity index (χ1n) is 9.54. The van der Waals surface area contributed by atoms with Gasteiger partial charge >= 0.3 is 6.09 Å². The number of imidazole rings is 1. The molecule has 150 valence electrons. The number of carbonyl (C=O) groups excluding carboxylic acids is 1. The zero-order valence-corrected chi connectivity index (χ0v) is 17.9. The number of fused-ring (bicyclic) bond motifs is 3. The number of nitrogens with one attached hydrogen (secondary N) is 1. The van der Waals surface area contributed by atoms with Crippen LogP contribution in [-0.2, 0) is 17.8 Å². The van der Waals surface area contributed by atoms with Gasteiger partial charge in [0.2, 0.25) is 0 Å². The quantitative estimate of drug-likeness (QED) is 0.638. The van der Waals surface area contributed by atoms with Gasteiger partial charge < -0.3 is 15.3 Å². The Labute approximate surface area is 172 Å². The number of nitrogens with zero attached hydrogens (tertiary/aromatic N) is 3. The van der Waals surface area contributed by atoms with Crippen molar-refractivity contribution in [2.75, 3.05) is 6.54 Å². The molecule has 1 saturated heterocycles. The van der Waals surface area contributed by atoms with Gasteiger partial charge in [-0.3, -0.25) is 4.90 Å². The van der Waals surface area contributed by atoms with Gasteiger partial charge in [-0.1, -0.05) is 22.0 Å². The molecule has 4 rings (SSSR count). The van der Waals surface area contributed by atoms with E-state index in [0.29, 0.717) is 31.2 Å². The predicted molar refractivity (Wildman–Crippen MR) is 108 cm³/mol. The minimum Gasteiger partial charge on any atom is -0.444 e. The van der Waals surface area contributed by atoms with Crippen LogP contribution in [0.1, 0.15) is 56.7 Å². The van der Waals surface area contributed by atoms with E-state index < -0.39 is 5.60 Å². The number of hydrogen-bond acceptors (Lipinski definition) is 5. The summed E-state index contributed by atoms with van der Waals surface area (Å²) in [4.78, 5) is 19.1. The van der Waals surface area contributed by atoms with E-state index >= 15 is 0 Å². The lowest BCUT2D eigenvalue weighted by Crippen LogP contribution is -2.37. The molecule has 1 aromatic carbocycles. The number of halogens is 1. The Hall–Kier alpha value is -2.06.